The van der Waals surface area contributed by atoms with E-state index in [4.69, 9.17) is 10.5 Å². The molecule has 102 valence electrons. The summed E-state index contributed by atoms with van der Waals surface area (Å²) in [6, 6.07) is 7.89. The predicted octanol–water partition coefficient (Wildman–Crippen LogP) is 2.67. The molecule has 4 heteroatoms. The number of hydrogen-bond donors (Lipinski definition) is 2. The molecule has 1 heterocycles. The van der Waals surface area contributed by atoms with Crippen LogP contribution in [-0.4, -0.2) is 22.6 Å². The van der Waals surface area contributed by atoms with Crippen molar-refractivity contribution < 1.29 is 4.74 Å². The SMILES string of the molecule is COc1ccccc1-c1nc(CC(C)(C)N)[nH]c1C. The third-order valence-electron chi connectivity index (χ3n) is 2.92. The Balaban J connectivity index is 2.40. The first-order chi connectivity index (χ1) is 8.90. The zero-order chi connectivity index (χ0) is 14.0. The molecular weight excluding hydrogens is 238 g/mol. The van der Waals surface area contributed by atoms with Crippen LogP contribution in [0.1, 0.15) is 25.4 Å². The molecule has 0 aliphatic rings. The van der Waals surface area contributed by atoms with Crippen molar-refractivity contribution in [3.05, 3.63) is 35.8 Å². The fourth-order valence-corrected chi connectivity index (χ4v) is 2.14. The molecule has 4 nitrogen and oxygen atoms in total. The second-order valence-electron chi connectivity index (χ2n) is 5.52. The first-order valence-corrected chi connectivity index (χ1v) is 6.38. The highest BCUT2D eigenvalue weighted by Crippen LogP contribution is 2.30. The van der Waals surface area contributed by atoms with Gasteiger partial charge in [-0.1, -0.05) is 12.1 Å². The number of methoxy groups -OCH3 is 1. The molecule has 0 aliphatic carbocycles. The lowest BCUT2D eigenvalue weighted by Crippen LogP contribution is -2.34. The van der Waals surface area contributed by atoms with E-state index in [1.165, 1.54) is 0 Å². The number of para-hydroxylation sites is 1. The van der Waals surface area contributed by atoms with E-state index in [9.17, 15) is 0 Å². The van der Waals surface area contributed by atoms with Gasteiger partial charge in [0, 0.05) is 23.2 Å². The van der Waals surface area contributed by atoms with E-state index >= 15 is 0 Å². The normalized spacial score (nSPS) is 11.6. The largest absolute Gasteiger partial charge is 0.496 e. The standard InChI is InChI=1S/C15H21N3O/c1-10-14(11-7-5-6-8-12(11)19-4)18-13(17-10)9-15(2,3)16/h5-8H,9,16H2,1-4H3,(H,17,18). The number of rotatable bonds is 4. The topological polar surface area (TPSA) is 63.9 Å². The number of aromatic amines is 1. The Hall–Kier alpha value is -1.81. The maximum absolute atomic E-state index is 6.04. The van der Waals surface area contributed by atoms with E-state index in [1.807, 2.05) is 45.0 Å². The summed E-state index contributed by atoms with van der Waals surface area (Å²) in [4.78, 5) is 7.96. The van der Waals surface area contributed by atoms with Crippen molar-refractivity contribution >= 4 is 0 Å². The number of nitrogens with one attached hydrogen (secondary N) is 1. The van der Waals surface area contributed by atoms with Crippen LogP contribution in [0.15, 0.2) is 24.3 Å². The van der Waals surface area contributed by atoms with Gasteiger partial charge < -0.3 is 15.5 Å². The number of nitrogens with zero attached hydrogens (tertiary/aromatic N) is 1. The monoisotopic (exact) mass is 259 g/mol. The summed E-state index contributed by atoms with van der Waals surface area (Å²) in [5, 5.41) is 0. The molecule has 19 heavy (non-hydrogen) atoms. The summed E-state index contributed by atoms with van der Waals surface area (Å²) >= 11 is 0. The minimum atomic E-state index is -0.275. The van der Waals surface area contributed by atoms with Gasteiger partial charge in [0.25, 0.3) is 0 Å². The second-order valence-corrected chi connectivity index (χ2v) is 5.52. The molecule has 0 saturated heterocycles. The third kappa shape index (κ3) is 3.15. The Kier molecular flexibility index (Phi) is 3.62. The van der Waals surface area contributed by atoms with Crippen molar-refractivity contribution in [1.29, 1.82) is 0 Å². The lowest BCUT2D eigenvalue weighted by atomic mass is 10.0. The number of benzene rings is 1. The summed E-state index contributed by atoms with van der Waals surface area (Å²) in [6.07, 6.45) is 0.711. The van der Waals surface area contributed by atoms with Gasteiger partial charge in [-0.15, -0.1) is 0 Å². The Bertz CT molecular complexity index is 567. The molecule has 0 unspecified atom stereocenters. The lowest BCUT2D eigenvalue weighted by molar-refractivity contribution is 0.416. The highest BCUT2D eigenvalue weighted by molar-refractivity contribution is 5.69. The van der Waals surface area contributed by atoms with Crippen LogP contribution in [0.25, 0.3) is 11.3 Å². The second kappa shape index (κ2) is 5.05. The maximum atomic E-state index is 6.04. The molecule has 2 rings (SSSR count). The maximum Gasteiger partial charge on any atom is 0.128 e. The molecule has 2 aromatic rings. The van der Waals surface area contributed by atoms with Gasteiger partial charge >= 0.3 is 0 Å². The van der Waals surface area contributed by atoms with Crippen molar-refractivity contribution in [1.82, 2.24) is 9.97 Å². The zero-order valence-electron chi connectivity index (χ0n) is 11.9. The van der Waals surface area contributed by atoms with E-state index in [0.717, 1.165) is 28.5 Å². The molecule has 0 atom stereocenters. The number of hydrogen-bond acceptors (Lipinski definition) is 3. The van der Waals surface area contributed by atoms with E-state index in [-0.39, 0.29) is 5.54 Å². The van der Waals surface area contributed by atoms with Crippen LogP contribution in [0.3, 0.4) is 0 Å². The predicted molar refractivity (Wildman–Crippen MR) is 77.3 cm³/mol. The first-order valence-electron chi connectivity index (χ1n) is 6.38. The molecule has 0 saturated carbocycles. The third-order valence-corrected chi connectivity index (χ3v) is 2.92. The van der Waals surface area contributed by atoms with Gasteiger partial charge in [0.05, 0.1) is 12.8 Å². The summed E-state index contributed by atoms with van der Waals surface area (Å²) in [5.41, 5.74) is 8.72. The number of imidazole rings is 1. The Labute approximate surface area is 114 Å². The highest BCUT2D eigenvalue weighted by Gasteiger charge is 2.17. The molecule has 0 fully saturated rings. The molecule has 0 spiro atoms. The first kappa shape index (κ1) is 13.6. The average molecular weight is 259 g/mol. The molecule has 0 aliphatic heterocycles. The number of nitrogens with two attached hydrogens (primary N) is 1. The van der Waals surface area contributed by atoms with Crippen LogP contribution in [0.5, 0.6) is 5.75 Å². The van der Waals surface area contributed by atoms with Gasteiger partial charge in [-0.2, -0.15) is 0 Å². The van der Waals surface area contributed by atoms with Gasteiger partial charge in [0.1, 0.15) is 11.6 Å². The van der Waals surface area contributed by atoms with Crippen LogP contribution in [0, 0.1) is 6.92 Å². The minimum Gasteiger partial charge on any atom is -0.496 e. The van der Waals surface area contributed by atoms with E-state index in [1.54, 1.807) is 7.11 Å². The molecular formula is C15H21N3O. The van der Waals surface area contributed by atoms with Crippen LogP contribution in [-0.2, 0) is 6.42 Å². The van der Waals surface area contributed by atoms with Crippen molar-refractivity contribution in [2.24, 2.45) is 5.73 Å². The molecule has 0 radical (unpaired) electrons. The molecule has 1 aromatic heterocycles. The average Bonchev–Trinajstić information content (AvgIpc) is 2.67. The van der Waals surface area contributed by atoms with Gasteiger partial charge in [-0.25, -0.2) is 4.98 Å². The van der Waals surface area contributed by atoms with Crippen molar-refractivity contribution in [3.8, 4) is 17.0 Å². The Morgan fingerprint density at radius 3 is 2.63 bits per heavy atom. The van der Waals surface area contributed by atoms with Crippen LogP contribution >= 0.6 is 0 Å². The summed E-state index contributed by atoms with van der Waals surface area (Å²) in [5.74, 6) is 1.74. The van der Waals surface area contributed by atoms with Crippen molar-refractivity contribution in [3.63, 3.8) is 0 Å². The zero-order valence-corrected chi connectivity index (χ0v) is 11.9. The van der Waals surface area contributed by atoms with Crippen LogP contribution in [0.2, 0.25) is 0 Å². The quantitative estimate of drug-likeness (QED) is 0.887. The van der Waals surface area contributed by atoms with Gasteiger partial charge in [0.2, 0.25) is 0 Å². The summed E-state index contributed by atoms with van der Waals surface area (Å²) < 4.78 is 5.39. The molecule has 0 bridgehead atoms. The van der Waals surface area contributed by atoms with Crippen LogP contribution in [0.4, 0.5) is 0 Å². The molecule has 3 N–H and O–H groups in total. The fraction of sp³-hybridized carbons (Fsp3) is 0.400. The lowest BCUT2D eigenvalue weighted by Gasteiger charge is -2.15. The van der Waals surface area contributed by atoms with Gasteiger partial charge in [0.15, 0.2) is 0 Å². The number of aromatic nitrogens is 2. The van der Waals surface area contributed by atoms with E-state index < -0.39 is 0 Å². The van der Waals surface area contributed by atoms with Crippen molar-refractivity contribution in [2.45, 2.75) is 32.7 Å². The number of aryl methyl sites for hydroxylation is 1. The highest BCUT2D eigenvalue weighted by atomic mass is 16.5. The molecule has 0 amide bonds. The number of ether oxygens (including phenoxy) is 1. The van der Waals surface area contributed by atoms with Gasteiger partial charge in [-0.3, -0.25) is 0 Å². The van der Waals surface area contributed by atoms with E-state index in [2.05, 4.69) is 9.97 Å². The van der Waals surface area contributed by atoms with E-state index in [0.29, 0.717) is 6.42 Å². The van der Waals surface area contributed by atoms with Crippen molar-refractivity contribution in [2.75, 3.05) is 7.11 Å². The number of H-pyrrole nitrogens is 1. The Morgan fingerprint density at radius 2 is 2.00 bits per heavy atom. The summed E-state index contributed by atoms with van der Waals surface area (Å²) in [7, 11) is 1.67. The fourth-order valence-electron chi connectivity index (χ4n) is 2.14. The van der Waals surface area contributed by atoms with Gasteiger partial charge in [-0.05, 0) is 32.9 Å². The Morgan fingerprint density at radius 1 is 1.32 bits per heavy atom. The smallest absolute Gasteiger partial charge is 0.128 e. The molecule has 1 aromatic carbocycles. The minimum absolute atomic E-state index is 0.275. The summed E-state index contributed by atoms with van der Waals surface area (Å²) in [6.45, 7) is 6.00. The van der Waals surface area contributed by atoms with Crippen LogP contribution < -0.4 is 10.5 Å².